The van der Waals surface area contributed by atoms with Crippen LogP contribution in [-0.4, -0.2) is 0 Å². The zero-order chi connectivity index (χ0) is 33.7. The fraction of sp³-hybridized carbons (Fsp3) is 0.102. The van der Waals surface area contributed by atoms with Crippen LogP contribution in [0.1, 0.15) is 31.4 Å². The normalized spacial score (nSPS) is 17.0. The molecule has 1 unspecified atom stereocenters. The van der Waals surface area contributed by atoms with Gasteiger partial charge in [0.2, 0.25) is 0 Å². The van der Waals surface area contributed by atoms with Crippen molar-refractivity contribution in [2.75, 3.05) is 4.90 Å². The molecule has 50 heavy (non-hydrogen) atoms. The molecular formula is C49H39N. The van der Waals surface area contributed by atoms with Crippen molar-refractivity contribution in [1.29, 1.82) is 0 Å². The summed E-state index contributed by atoms with van der Waals surface area (Å²) in [6, 6.07) is 57.6. The van der Waals surface area contributed by atoms with Crippen molar-refractivity contribution in [1.82, 2.24) is 0 Å². The summed E-state index contributed by atoms with van der Waals surface area (Å²) >= 11 is 0. The molecule has 3 aliphatic carbocycles. The third-order valence-corrected chi connectivity index (χ3v) is 10.8. The predicted molar refractivity (Wildman–Crippen MR) is 211 cm³/mol. The third-order valence-electron chi connectivity index (χ3n) is 10.8. The SMILES string of the molecule is CC1(C)C2=C(N(c3ccc(-c4ccccc4)cc3)c3ccccc3-c3ccccc3-c3ccccc3)C3CC=CC=C3C=C2c2ccccc21. The molecular weight excluding hydrogens is 603 g/mol. The van der Waals surface area contributed by atoms with Crippen LogP contribution in [0.25, 0.3) is 39.0 Å². The minimum absolute atomic E-state index is 0.177. The predicted octanol–water partition coefficient (Wildman–Crippen LogP) is 13.0. The number of nitrogens with zero attached hydrogens (tertiary/aromatic N) is 1. The number of benzene rings is 6. The summed E-state index contributed by atoms with van der Waals surface area (Å²) in [5.74, 6) is 0.221. The number of allylic oxidation sites excluding steroid dienone is 7. The number of hydrogen-bond donors (Lipinski definition) is 0. The van der Waals surface area contributed by atoms with Gasteiger partial charge in [0, 0.05) is 28.3 Å². The molecule has 0 spiro atoms. The molecule has 0 fully saturated rings. The summed E-state index contributed by atoms with van der Waals surface area (Å²) in [6.07, 6.45) is 10.4. The van der Waals surface area contributed by atoms with Gasteiger partial charge in [-0.15, -0.1) is 0 Å². The Morgan fingerprint density at radius 2 is 1.12 bits per heavy atom. The minimum atomic E-state index is -0.177. The maximum Gasteiger partial charge on any atom is 0.0537 e. The lowest BCUT2D eigenvalue weighted by Gasteiger charge is -2.41. The standard InChI is InChI=1S/C49H39N/c1-49(2)45-27-15-13-25-42(45)44-33-37-21-9-10-23-40(37)48(47(44)49)50(38-31-29-35(30-32-38)34-17-5-3-6-18-34)46-28-16-14-26-43(46)41-24-12-11-22-39(41)36-19-7-4-8-20-36/h3-22,24-33,40H,23H2,1-2H3. The molecule has 6 aromatic rings. The van der Waals surface area contributed by atoms with Gasteiger partial charge in [-0.3, -0.25) is 0 Å². The van der Waals surface area contributed by atoms with Gasteiger partial charge >= 0.3 is 0 Å². The molecule has 1 nitrogen and oxygen atoms in total. The maximum atomic E-state index is 2.61. The first-order valence-corrected chi connectivity index (χ1v) is 17.7. The van der Waals surface area contributed by atoms with Crippen LogP contribution >= 0.6 is 0 Å². The first-order chi connectivity index (χ1) is 24.6. The lowest BCUT2D eigenvalue weighted by molar-refractivity contribution is 0.615. The lowest BCUT2D eigenvalue weighted by Crippen LogP contribution is -2.32. The molecule has 0 radical (unpaired) electrons. The van der Waals surface area contributed by atoms with Gasteiger partial charge in [-0.2, -0.15) is 0 Å². The summed E-state index contributed by atoms with van der Waals surface area (Å²) < 4.78 is 0. The molecule has 240 valence electrons. The van der Waals surface area contributed by atoms with Crippen molar-refractivity contribution in [3.63, 3.8) is 0 Å². The van der Waals surface area contributed by atoms with Crippen molar-refractivity contribution in [3.8, 4) is 33.4 Å². The summed E-state index contributed by atoms with van der Waals surface area (Å²) in [5, 5.41) is 0. The molecule has 9 rings (SSSR count). The van der Waals surface area contributed by atoms with E-state index in [0.29, 0.717) is 0 Å². The average Bonchev–Trinajstić information content (AvgIpc) is 3.41. The van der Waals surface area contributed by atoms with Crippen molar-refractivity contribution in [3.05, 3.63) is 210 Å². The molecule has 0 saturated heterocycles. The molecule has 0 saturated carbocycles. The van der Waals surface area contributed by atoms with Crippen LogP contribution in [-0.2, 0) is 5.41 Å². The third kappa shape index (κ3) is 4.92. The van der Waals surface area contributed by atoms with Crippen LogP contribution in [0.3, 0.4) is 0 Å². The zero-order valence-corrected chi connectivity index (χ0v) is 28.6. The topological polar surface area (TPSA) is 3.24 Å². The van der Waals surface area contributed by atoms with Crippen LogP contribution in [0.5, 0.6) is 0 Å². The largest absolute Gasteiger partial charge is 0.313 e. The first kappa shape index (κ1) is 30.2. The molecule has 0 N–H and O–H groups in total. The summed E-state index contributed by atoms with van der Waals surface area (Å²) in [5.41, 5.74) is 17.8. The van der Waals surface area contributed by atoms with E-state index in [0.717, 1.165) is 6.42 Å². The molecule has 0 aromatic heterocycles. The number of para-hydroxylation sites is 1. The van der Waals surface area contributed by atoms with E-state index in [1.807, 2.05) is 0 Å². The monoisotopic (exact) mass is 641 g/mol. The van der Waals surface area contributed by atoms with E-state index in [-0.39, 0.29) is 11.3 Å². The molecule has 1 atom stereocenters. The quantitative estimate of drug-likeness (QED) is 0.175. The Hall–Kier alpha value is -5.92. The van der Waals surface area contributed by atoms with Gasteiger partial charge < -0.3 is 4.90 Å². The van der Waals surface area contributed by atoms with E-state index in [1.54, 1.807) is 0 Å². The van der Waals surface area contributed by atoms with Gasteiger partial charge in [-0.05, 0) is 80.3 Å². The number of hydrogen-bond acceptors (Lipinski definition) is 1. The maximum absolute atomic E-state index is 2.61. The zero-order valence-electron chi connectivity index (χ0n) is 28.6. The number of anilines is 2. The van der Waals surface area contributed by atoms with Gasteiger partial charge in [0.15, 0.2) is 0 Å². The van der Waals surface area contributed by atoms with Gasteiger partial charge in [0.05, 0.1) is 5.69 Å². The fourth-order valence-electron chi connectivity index (χ4n) is 8.48. The Morgan fingerprint density at radius 1 is 0.540 bits per heavy atom. The van der Waals surface area contributed by atoms with E-state index in [2.05, 4.69) is 201 Å². The first-order valence-electron chi connectivity index (χ1n) is 17.7. The van der Waals surface area contributed by atoms with Crippen molar-refractivity contribution in [2.24, 2.45) is 5.92 Å². The fourth-order valence-corrected chi connectivity index (χ4v) is 8.48. The molecule has 0 aliphatic heterocycles. The van der Waals surface area contributed by atoms with Gasteiger partial charge in [0.1, 0.15) is 0 Å². The lowest BCUT2D eigenvalue weighted by atomic mass is 9.72. The second-order valence-corrected chi connectivity index (χ2v) is 14.0. The average molecular weight is 642 g/mol. The van der Waals surface area contributed by atoms with Gasteiger partial charge in [-0.25, -0.2) is 0 Å². The second-order valence-electron chi connectivity index (χ2n) is 14.0. The molecule has 3 aliphatic rings. The minimum Gasteiger partial charge on any atom is -0.313 e. The molecule has 1 heteroatoms. The highest BCUT2D eigenvalue weighted by Crippen LogP contribution is 2.58. The Bertz CT molecular complexity index is 2350. The second kappa shape index (κ2) is 12.2. The summed E-state index contributed by atoms with van der Waals surface area (Å²) in [6.45, 7) is 4.84. The Morgan fingerprint density at radius 3 is 1.86 bits per heavy atom. The van der Waals surface area contributed by atoms with Crippen LogP contribution < -0.4 is 4.90 Å². The highest BCUT2D eigenvalue weighted by molar-refractivity contribution is 5.97. The number of fused-ring (bicyclic) bond motifs is 4. The van der Waals surface area contributed by atoms with Crippen LogP contribution in [0, 0.1) is 5.92 Å². The summed E-state index contributed by atoms with van der Waals surface area (Å²) in [7, 11) is 0. The number of rotatable bonds is 6. The Labute approximate surface area is 295 Å². The van der Waals surface area contributed by atoms with Crippen LogP contribution in [0.2, 0.25) is 0 Å². The van der Waals surface area contributed by atoms with E-state index in [9.17, 15) is 0 Å². The highest BCUT2D eigenvalue weighted by Gasteiger charge is 2.46. The molecule has 0 amide bonds. The van der Waals surface area contributed by atoms with Crippen molar-refractivity contribution >= 4 is 16.9 Å². The summed E-state index contributed by atoms with van der Waals surface area (Å²) in [4.78, 5) is 2.61. The van der Waals surface area contributed by atoms with E-state index >= 15 is 0 Å². The van der Waals surface area contributed by atoms with Gasteiger partial charge in [-0.1, -0.05) is 178 Å². The Balaban J connectivity index is 1.33. The smallest absolute Gasteiger partial charge is 0.0537 e. The van der Waals surface area contributed by atoms with Crippen molar-refractivity contribution in [2.45, 2.75) is 25.7 Å². The van der Waals surface area contributed by atoms with Crippen LogP contribution in [0.15, 0.2) is 199 Å². The molecule has 0 heterocycles. The molecule has 0 bridgehead atoms. The highest BCUT2D eigenvalue weighted by atomic mass is 15.2. The molecule has 6 aromatic carbocycles. The van der Waals surface area contributed by atoms with Gasteiger partial charge in [0.25, 0.3) is 0 Å². The van der Waals surface area contributed by atoms with E-state index in [1.165, 1.54) is 78.3 Å². The van der Waals surface area contributed by atoms with Crippen molar-refractivity contribution < 1.29 is 0 Å². The van der Waals surface area contributed by atoms with E-state index in [4.69, 9.17) is 0 Å². The Kier molecular flexibility index (Phi) is 7.36. The van der Waals surface area contributed by atoms with E-state index < -0.39 is 0 Å². The van der Waals surface area contributed by atoms with Crippen LogP contribution in [0.4, 0.5) is 11.4 Å².